The van der Waals surface area contributed by atoms with Crippen LogP contribution in [0.25, 0.3) is 0 Å². The second-order valence-electron chi connectivity index (χ2n) is 3.15. The van der Waals surface area contributed by atoms with E-state index >= 15 is 0 Å². The minimum Gasteiger partial charge on any atom is -0.193 e. The van der Waals surface area contributed by atoms with Crippen molar-refractivity contribution in [2.24, 2.45) is 0 Å². The summed E-state index contributed by atoms with van der Waals surface area (Å²) in [6.07, 6.45) is -4.69. The molecule has 0 N–H and O–H groups in total. The maximum Gasteiger partial charge on any atom is 0.416 e. The van der Waals surface area contributed by atoms with E-state index in [0.717, 1.165) is 0 Å². The Morgan fingerprint density at radius 2 is 1.06 bits per heavy atom. The normalized spacial score (nSPS) is 13.9. The summed E-state index contributed by atoms with van der Waals surface area (Å²) in [6.45, 7) is 0. The average Bonchev–Trinajstić information content (AvgIpc) is 2.15. The van der Waals surface area contributed by atoms with Crippen LogP contribution in [0.4, 0.5) is 30.7 Å². The Morgan fingerprint density at radius 3 is 1.35 bits per heavy atom. The Bertz CT molecular complexity index is 387. The van der Waals surface area contributed by atoms with Gasteiger partial charge in [-0.25, -0.2) is 0 Å². The van der Waals surface area contributed by atoms with E-state index in [2.05, 4.69) is 0 Å². The van der Waals surface area contributed by atoms with Gasteiger partial charge in [0.05, 0.1) is 5.56 Å². The number of hydrogen-bond donors (Lipinski definition) is 0. The van der Waals surface area contributed by atoms with E-state index in [-0.39, 0.29) is 22.6 Å². The predicted octanol–water partition coefficient (Wildman–Crippen LogP) is 4.83. The SMILES string of the molecule is FC(F)(F)c1ccc(C(F)(F)C(F)(F)I)cc1. The first-order chi connectivity index (χ1) is 7.46. The Balaban J connectivity index is 3.12. The van der Waals surface area contributed by atoms with Gasteiger partial charge in [0.15, 0.2) is 0 Å². The van der Waals surface area contributed by atoms with E-state index in [1.54, 1.807) is 0 Å². The van der Waals surface area contributed by atoms with Gasteiger partial charge in [-0.15, -0.1) is 0 Å². The largest absolute Gasteiger partial charge is 0.416 e. The molecule has 0 spiro atoms. The van der Waals surface area contributed by atoms with Gasteiger partial charge in [0.1, 0.15) is 0 Å². The van der Waals surface area contributed by atoms with Crippen LogP contribution in [0.5, 0.6) is 0 Å². The summed E-state index contributed by atoms with van der Waals surface area (Å²) < 4.78 is 83.1. The third kappa shape index (κ3) is 3.02. The molecule has 0 heterocycles. The van der Waals surface area contributed by atoms with Gasteiger partial charge in [-0.1, -0.05) is 12.1 Å². The zero-order valence-electron chi connectivity index (χ0n) is 7.83. The molecule has 0 bridgehead atoms. The van der Waals surface area contributed by atoms with Crippen molar-refractivity contribution in [3.63, 3.8) is 0 Å². The van der Waals surface area contributed by atoms with Crippen LogP contribution in [0.1, 0.15) is 11.1 Å². The van der Waals surface area contributed by atoms with E-state index in [0.29, 0.717) is 24.3 Å². The molecule has 1 aromatic carbocycles. The van der Waals surface area contributed by atoms with Gasteiger partial charge in [-0.05, 0) is 12.1 Å². The third-order valence-electron chi connectivity index (χ3n) is 1.93. The van der Waals surface area contributed by atoms with Crippen LogP contribution < -0.4 is 0 Å². The number of benzene rings is 1. The monoisotopic (exact) mass is 372 g/mol. The Kier molecular flexibility index (Phi) is 3.66. The van der Waals surface area contributed by atoms with Gasteiger partial charge in [0.2, 0.25) is 0 Å². The van der Waals surface area contributed by atoms with Gasteiger partial charge < -0.3 is 0 Å². The van der Waals surface area contributed by atoms with Crippen LogP contribution in [0, 0.1) is 0 Å². The molecule has 8 heteroatoms. The maximum atomic E-state index is 13.1. The summed E-state index contributed by atoms with van der Waals surface area (Å²) in [7, 11) is 0. The van der Waals surface area contributed by atoms with Gasteiger partial charge in [-0.3, -0.25) is 0 Å². The number of rotatable bonds is 2. The third-order valence-corrected chi connectivity index (χ3v) is 2.61. The summed E-state index contributed by atoms with van der Waals surface area (Å²) in [6, 6.07) is 1.36. The lowest BCUT2D eigenvalue weighted by Gasteiger charge is -2.22. The molecule has 0 atom stereocenters. The second kappa shape index (κ2) is 4.29. The summed E-state index contributed by atoms with van der Waals surface area (Å²) in [5, 5.41) is 0. The molecule has 96 valence electrons. The molecule has 1 rings (SSSR count). The van der Waals surface area contributed by atoms with Crippen molar-refractivity contribution in [1.82, 2.24) is 0 Å². The second-order valence-corrected chi connectivity index (χ2v) is 4.50. The quantitative estimate of drug-likeness (QED) is 0.397. The lowest BCUT2D eigenvalue weighted by molar-refractivity contribution is -0.147. The predicted molar refractivity (Wildman–Crippen MR) is 54.3 cm³/mol. The lowest BCUT2D eigenvalue weighted by Crippen LogP contribution is -2.32. The Hall–Kier alpha value is -0.540. The molecular formula is C9H4F7I. The van der Waals surface area contributed by atoms with Crippen LogP contribution in [-0.4, -0.2) is 3.93 Å². The fourth-order valence-corrected chi connectivity index (χ4v) is 1.34. The molecule has 0 aliphatic carbocycles. The molecule has 17 heavy (non-hydrogen) atoms. The molecule has 0 saturated heterocycles. The Morgan fingerprint density at radius 1 is 0.706 bits per heavy atom. The summed E-state index contributed by atoms with van der Waals surface area (Å²) in [5.74, 6) is -4.52. The molecular weight excluding hydrogens is 368 g/mol. The average molecular weight is 372 g/mol. The van der Waals surface area contributed by atoms with E-state index in [1.807, 2.05) is 0 Å². The molecule has 0 saturated carbocycles. The fraction of sp³-hybridized carbons (Fsp3) is 0.333. The molecule has 0 nitrogen and oxygen atoms in total. The Labute approximate surface area is 105 Å². The van der Waals surface area contributed by atoms with Crippen molar-refractivity contribution < 1.29 is 30.7 Å². The zero-order chi connectivity index (χ0) is 13.5. The topological polar surface area (TPSA) is 0 Å². The first-order valence-electron chi connectivity index (χ1n) is 4.08. The lowest BCUT2D eigenvalue weighted by atomic mass is 10.1. The van der Waals surface area contributed by atoms with Crippen molar-refractivity contribution in [2.75, 3.05) is 0 Å². The molecule has 0 aliphatic rings. The van der Waals surface area contributed by atoms with Gasteiger partial charge in [0.25, 0.3) is 0 Å². The van der Waals surface area contributed by atoms with Gasteiger partial charge in [0, 0.05) is 28.2 Å². The number of halogens is 8. The zero-order valence-corrected chi connectivity index (χ0v) is 9.99. The van der Waals surface area contributed by atoms with Crippen molar-refractivity contribution in [2.45, 2.75) is 16.0 Å². The molecule has 1 aromatic rings. The standard InChI is InChI=1S/C9H4F7I/c10-7(11,9(15,16)17)5-1-3-6(4-2-5)8(12,13)14/h1-4H. The van der Waals surface area contributed by atoms with Crippen LogP contribution in [0.3, 0.4) is 0 Å². The van der Waals surface area contributed by atoms with E-state index in [1.165, 1.54) is 0 Å². The highest BCUT2D eigenvalue weighted by Crippen LogP contribution is 2.47. The first-order valence-corrected chi connectivity index (χ1v) is 5.16. The summed E-state index contributed by atoms with van der Waals surface area (Å²) in [4.78, 5) is 0. The summed E-state index contributed by atoms with van der Waals surface area (Å²) in [5.41, 5.74) is -2.33. The number of hydrogen-bond acceptors (Lipinski definition) is 0. The van der Waals surface area contributed by atoms with Crippen molar-refractivity contribution in [3.8, 4) is 0 Å². The molecule has 0 amide bonds. The first kappa shape index (κ1) is 14.5. The highest BCUT2D eigenvalue weighted by Gasteiger charge is 2.55. The smallest absolute Gasteiger partial charge is 0.193 e. The van der Waals surface area contributed by atoms with Crippen LogP contribution in [-0.2, 0) is 12.1 Å². The molecule has 0 radical (unpaired) electrons. The van der Waals surface area contributed by atoms with Crippen LogP contribution >= 0.6 is 22.6 Å². The van der Waals surface area contributed by atoms with E-state index < -0.39 is 27.2 Å². The minimum absolute atomic E-state index is 0.242. The number of alkyl halides is 8. The molecule has 0 fully saturated rings. The van der Waals surface area contributed by atoms with E-state index in [9.17, 15) is 30.7 Å². The van der Waals surface area contributed by atoms with Crippen molar-refractivity contribution in [1.29, 1.82) is 0 Å². The molecule has 0 aliphatic heterocycles. The van der Waals surface area contributed by atoms with E-state index in [4.69, 9.17) is 0 Å². The highest BCUT2D eigenvalue weighted by molar-refractivity contribution is 14.1. The van der Waals surface area contributed by atoms with Crippen molar-refractivity contribution >= 4 is 22.6 Å². The highest BCUT2D eigenvalue weighted by atomic mass is 127. The van der Waals surface area contributed by atoms with Gasteiger partial charge in [-0.2, -0.15) is 30.7 Å². The van der Waals surface area contributed by atoms with Gasteiger partial charge >= 0.3 is 16.0 Å². The van der Waals surface area contributed by atoms with Crippen LogP contribution in [0.2, 0.25) is 0 Å². The summed E-state index contributed by atoms with van der Waals surface area (Å²) >= 11 is 0.242. The maximum absolute atomic E-state index is 13.1. The molecule has 0 unspecified atom stereocenters. The fourth-order valence-electron chi connectivity index (χ4n) is 1.03. The van der Waals surface area contributed by atoms with Crippen molar-refractivity contribution in [3.05, 3.63) is 35.4 Å². The minimum atomic E-state index is -4.69. The molecule has 0 aromatic heterocycles. The van der Waals surface area contributed by atoms with Crippen LogP contribution in [0.15, 0.2) is 24.3 Å².